The van der Waals surface area contributed by atoms with Crippen LogP contribution >= 0.6 is 80.5 Å². The van der Waals surface area contributed by atoms with Gasteiger partial charge < -0.3 is 25.9 Å². The number of nitrogens with two attached hydrogens (primary N) is 2. The molecule has 0 aliphatic heterocycles. The molecule has 0 amide bonds. The molecule has 8 rings (SSSR count). The highest BCUT2D eigenvalue weighted by molar-refractivity contribution is 8.01. The van der Waals surface area contributed by atoms with Crippen molar-refractivity contribution in [2.45, 2.75) is 54.6 Å². The summed E-state index contributed by atoms with van der Waals surface area (Å²) in [7, 11) is 1.90. The van der Waals surface area contributed by atoms with E-state index in [2.05, 4.69) is 59.1 Å². The number of halogens is 1. The van der Waals surface area contributed by atoms with Crippen LogP contribution in [0.4, 0.5) is 11.4 Å². The third-order valence-electron chi connectivity index (χ3n) is 9.07. The number of unbranched alkanes of at least 4 members (excludes halogenated alkanes) is 2. The minimum atomic E-state index is 0.0304. The molecule has 7 heterocycles. The average Bonchev–Trinajstić information content (AvgIpc) is 4.10. The first-order chi connectivity index (χ1) is 28.3. The van der Waals surface area contributed by atoms with Crippen LogP contribution in [0.25, 0.3) is 64.2 Å². The van der Waals surface area contributed by atoms with Gasteiger partial charge in [0.25, 0.3) is 0 Å². The number of thioether (sulfide) groups is 2. The number of hydrogen-bond donors (Lipinski definition) is 3. The second kappa shape index (κ2) is 20.1. The Morgan fingerprint density at radius 1 is 0.793 bits per heavy atom. The van der Waals surface area contributed by atoms with Crippen molar-refractivity contribution < 1.29 is 9.84 Å². The highest BCUT2D eigenvalue weighted by Gasteiger charge is 2.22. The molecule has 0 saturated heterocycles. The number of benzene rings is 1. The Labute approximate surface area is 367 Å². The maximum Gasteiger partial charge on any atom is 0.202 e. The average molecular weight is 908 g/mol. The van der Waals surface area contributed by atoms with Crippen molar-refractivity contribution in [2.24, 2.45) is 7.05 Å². The third-order valence-corrected chi connectivity index (χ3v) is 16.0. The number of fused-ring (bicyclic) bond motifs is 2. The van der Waals surface area contributed by atoms with Gasteiger partial charge in [0, 0.05) is 46.5 Å². The fraction of sp³-hybridized carbons (Fsp3) is 0.293. The number of nitrogen functional groups attached to an aromatic ring is 2. The number of imidazole rings is 1. The molecule has 0 unspecified atom stereocenters. The maximum atomic E-state index is 8.89. The maximum absolute atomic E-state index is 8.89. The van der Waals surface area contributed by atoms with Crippen LogP contribution in [0.15, 0.2) is 74.2 Å². The molecule has 0 atom stereocenters. The van der Waals surface area contributed by atoms with Gasteiger partial charge in [-0.25, -0.2) is 24.9 Å². The minimum absolute atomic E-state index is 0.0304. The highest BCUT2D eigenvalue weighted by atomic mass is 35.5. The van der Waals surface area contributed by atoms with Crippen molar-refractivity contribution in [3.63, 3.8) is 0 Å². The van der Waals surface area contributed by atoms with Gasteiger partial charge in [-0.3, -0.25) is 0 Å². The van der Waals surface area contributed by atoms with Crippen LogP contribution in [0.2, 0.25) is 5.28 Å². The smallest absolute Gasteiger partial charge is 0.202 e. The van der Waals surface area contributed by atoms with Crippen molar-refractivity contribution in [2.75, 3.05) is 36.2 Å². The SMILES string of the molecule is CCCCSc1sc2nc(-c3nccs3)cc(-c3ccc(COCCO)cc3)c2c1N.CCCCSc1sc2nc(-c3nccs3)cc(-c3cnc(Cl)n3C)c2c1N. The Balaban J connectivity index is 0.000000178. The van der Waals surface area contributed by atoms with E-state index in [1.54, 1.807) is 69.5 Å². The lowest BCUT2D eigenvalue weighted by molar-refractivity contribution is 0.0815. The van der Waals surface area contributed by atoms with Gasteiger partial charge in [-0.2, -0.15) is 0 Å². The fourth-order valence-electron chi connectivity index (χ4n) is 6.06. The third kappa shape index (κ3) is 9.56. The Bertz CT molecular complexity index is 2570. The van der Waals surface area contributed by atoms with Gasteiger partial charge >= 0.3 is 0 Å². The number of hydrogen-bond acceptors (Lipinski definition) is 15. The van der Waals surface area contributed by atoms with E-state index >= 15 is 0 Å². The second-order valence-corrected chi connectivity index (χ2v) is 20.0. The summed E-state index contributed by atoms with van der Waals surface area (Å²) in [5.41, 5.74) is 21.7. The van der Waals surface area contributed by atoms with Gasteiger partial charge in [0.15, 0.2) is 0 Å². The Morgan fingerprint density at radius 2 is 1.34 bits per heavy atom. The molecule has 0 aliphatic carbocycles. The zero-order chi connectivity index (χ0) is 40.6. The number of thiophene rings is 2. The summed E-state index contributed by atoms with van der Waals surface area (Å²) in [5.74, 6) is 2.12. The molecule has 0 saturated carbocycles. The van der Waals surface area contributed by atoms with E-state index in [0.717, 1.165) is 101 Å². The minimum Gasteiger partial charge on any atom is -0.397 e. The van der Waals surface area contributed by atoms with Crippen LogP contribution in [0.5, 0.6) is 0 Å². The lowest BCUT2D eigenvalue weighted by Crippen LogP contribution is -1.99. The van der Waals surface area contributed by atoms with E-state index in [-0.39, 0.29) is 6.61 Å². The molecule has 0 spiro atoms. The van der Waals surface area contributed by atoms with Gasteiger partial charge in [-0.15, -0.1) is 68.9 Å². The first kappa shape index (κ1) is 42.5. The molecular weight excluding hydrogens is 864 g/mol. The fourth-order valence-corrected chi connectivity index (χ4v) is 12.3. The monoisotopic (exact) mass is 906 g/mol. The Morgan fingerprint density at radius 3 is 1.83 bits per heavy atom. The molecule has 5 N–H and O–H groups in total. The zero-order valence-electron chi connectivity index (χ0n) is 32.2. The van der Waals surface area contributed by atoms with Crippen molar-refractivity contribution in [1.82, 2.24) is 29.5 Å². The number of thiazole rings is 2. The molecule has 0 bridgehead atoms. The first-order valence-electron chi connectivity index (χ1n) is 18.8. The van der Waals surface area contributed by atoms with E-state index in [0.29, 0.717) is 18.5 Å². The number of aromatic nitrogens is 6. The molecular formula is C41H43ClN8O2S6. The number of rotatable bonds is 16. The number of anilines is 2. The standard InChI is InChI=1S/C23H25N3O2S3.C18H18ClN5S3/c1-2-3-11-30-23-20(24)19-17(16-6-4-15(5-7-16)14-28-10-9-27)13-18(26-22(19)31-23)21-25-8-12-29-21;1-3-4-6-26-17-14(20)13-10(12-9-22-18(19)24(12)2)8-11(23-16(13)27-17)15-21-5-7-25-15/h4-8,12-13,27H,2-3,9-11,14,24H2,1H3;5,7-9H,3-4,6,20H2,1-2H3. The van der Waals surface area contributed by atoms with Crippen LogP contribution < -0.4 is 11.5 Å². The van der Waals surface area contributed by atoms with Crippen LogP contribution in [0.1, 0.15) is 45.1 Å². The number of aliphatic hydroxyl groups excluding tert-OH is 1. The van der Waals surface area contributed by atoms with E-state index in [9.17, 15) is 0 Å². The van der Waals surface area contributed by atoms with Gasteiger partial charge in [0.1, 0.15) is 31.1 Å². The topological polar surface area (TPSA) is 151 Å². The summed E-state index contributed by atoms with van der Waals surface area (Å²) >= 11 is 16.3. The highest BCUT2D eigenvalue weighted by Crippen LogP contribution is 2.47. The lowest BCUT2D eigenvalue weighted by atomic mass is 10.0. The summed E-state index contributed by atoms with van der Waals surface area (Å²) in [6, 6.07) is 12.4. The molecule has 17 heteroatoms. The van der Waals surface area contributed by atoms with Crippen LogP contribution in [0, 0.1) is 0 Å². The molecule has 8 aromatic rings. The largest absolute Gasteiger partial charge is 0.397 e. The van der Waals surface area contributed by atoms with Crippen molar-refractivity contribution in [1.29, 1.82) is 0 Å². The normalized spacial score (nSPS) is 11.5. The van der Waals surface area contributed by atoms with Gasteiger partial charge in [-0.1, -0.05) is 51.0 Å². The van der Waals surface area contributed by atoms with E-state index < -0.39 is 0 Å². The van der Waals surface area contributed by atoms with Crippen molar-refractivity contribution in [3.8, 4) is 43.8 Å². The van der Waals surface area contributed by atoms with Gasteiger partial charge in [-0.05, 0) is 64.8 Å². The summed E-state index contributed by atoms with van der Waals surface area (Å²) < 4.78 is 9.56. The predicted molar refractivity (Wildman–Crippen MR) is 251 cm³/mol. The zero-order valence-corrected chi connectivity index (χ0v) is 37.9. The van der Waals surface area contributed by atoms with Gasteiger partial charge in [0.05, 0.1) is 51.5 Å². The molecule has 10 nitrogen and oxygen atoms in total. The van der Waals surface area contributed by atoms with Crippen molar-refractivity contribution in [3.05, 3.63) is 76.6 Å². The summed E-state index contributed by atoms with van der Waals surface area (Å²) in [6.45, 7) is 5.25. The molecule has 1 aromatic carbocycles. The molecule has 0 aliphatic rings. The summed E-state index contributed by atoms with van der Waals surface area (Å²) in [6.07, 6.45) is 10.1. The van der Waals surface area contributed by atoms with E-state index in [1.807, 2.05) is 46.4 Å². The Kier molecular flexibility index (Phi) is 14.8. The van der Waals surface area contributed by atoms with Crippen LogP contribution in [0.3, 0.4) is 0 Å². The number of nitrogens with zero attached hydrogens (tertiary/aromatic N) is 6. The first-order valence-corrected chi connectivity index (χ1v) is 24.5. The molecule has 58 heavy (non-hydrogen) atoms. The number of aliphatic hydroxyl groups is 1. The van der Waals surface area contributed by atoms with E-state index in [1.165, 1.54) is 25.7 Å². The summed E-state index contributed by atoms with van der Waals surface area (Å²) in [4.78, 5) is 24.8. The predicted octanol–water partition coefficient (Wildman–Crippen LogP) is 12.0. The molecule has 0 fully saturated rings. The van der Waals surface area contributed by atoms with Crippen LogP contribution in [-0.2, 0) is 18.4 Å². The number of pyridine rings is 2. The quantitative estimate of drug-likeness (QED) is 0.0628. The Hall–Kier alpha value is -3.58. The van der Waals surface area contributed by atoms with Crippen LogP contribution in [-0.4, -0.2) is 59.3 Å². The molecule has 0 radical (unpaired) electrons. The molecule has 7 aromatic heterocycles. The van der Waals surface area contributed by atoms with Crippen molar-refractivity contribution >= 4 is 112 Å². The lowest BCUT2D eigenvalue weighted by Gasteiger charge is -2.09. The van der Waals surface area contributed by atoms with E-state index in [4.69, 9.17) is 42.9 Å². The van der Waals surface area contributed by atoms with Gasteiger partial charge in [0.2, 0.25) is 5.28 Å². The molecule has 302 valence electrons. The summed E-state index contributed by atoms with van der Waals surface area (Å²) in [5, 5.41) is 17.0. The number of ether oxygens (including phenoxy) is 1. The second-order valence-electron chi connectivity index (χ2n) is 13.1.